The van der Waals surface area contributed by atoms with Crippen molar-refractivity contribution < 1.29 is 9.47 Å². The molecule has 2 N–H and O–H groups in total. The molecule has 1 aromatic heterocycles. The lowest BCUT2D eigenvalue weighted by Crippen LogP contribution is -2.29. The van der Waals surface area contributed by atoms with Crippen molar-refractivity contribution >= 4 is 16.6 Å². The summed E-state index contributed by atoms with van der Waals surface area (Å²) in [6, 6.07) is 25.0. The summed E-state index contributed by atoms with van der Waals surface area (Å²) < 4.78 is 12.0. The normalized spacial score (nSPS) is 21.1. The van der Waals surface area contributed by atoms with Crippen LogP contribution in [-0.2, 0) is 0 Å². The van der Waals surface area contributed by atoms with E-state index in [0.717, 1.165) is 23.6 Å². The Morgan fingerprint density at radius 3 is 2.59 bits per heavy atom. The number of benzene rings is 3. The summed E-state index contributed by atoms with van der Waals surface area (Å²) in [5.74, 6) is 2.65. The van der Waals surface area contributed by atoms with Crippen LogP contribution in [0.3, 0.4) is 0 Å². The SMILES string of the molecule is C1=CC2c3cccc(OCCOc4ccccc4)c3NC(c3c[nH]c4ccccc34)C2C1. The lowest BCUT2D eigenvalue weighted by molar-refractivity contribution is 0.217. The zero-order valence-electron chi connectivity index (χ0n) is 17.8. The number of aromatic nitrogens is 1. The highest BCUT2D eigenvalue weighted by molar-refractivity contribution is 5.84. The topological polar surface area (TPSA) is 46.3 Å². The fourth-order valence-corrected chi connectivity index (χ4v) is 5.20. The first-order valence-electron chi connectivity index (χ1n) is 11.3. The standard InChI is InChI=1S/C28H26N2O2/c1-2-8-19(9-3-1)31-16-17-32-26-15-7-13-23-20-11-6-12-22(20)27(30-28(23)26)24-18-29-25-14-5-4-10-21(24)25/h1-11,13-15,18,20,22,27,29-30H,12,16-17H2. The number of fused-ring (bicyclic) bond motifs is 4. The minimum absolute atomic E-state index is 0.226. The summed E-state index contributed by atoms with van der Waals surface area (Å²) in [5, 5.41) is 5.15. The predicted octanol–water partition coefficient (Wildman–Crippen LogP) is 6.45. The quantitative estimate of drug-likeness (QED) is 0.277. The van der Waals surface area contributed by atoms with Crippen molar-refractivity contribution in [2.45, 2.75) is 18.4 Å². The van der Waals surface area contributed by atoms with Crippen LogP contribution in [0, 0.1) is 5.92 Å². The number of rotatable bonds is 6. The van der Waals surface area contributed by atoms with E-state index in [1.807, 2.05) is 30.3 Å². The highest BCUT2D eigenvalue weighted by Gasteiger charge is 2.39. The zero-order chi connectivity index (χ0) is 21.3. The molecule has 1 aliphatic carbocycles. The number of nitrogens with one attached hydrogen (secondary N) is 2. The average Bonchev–Trinajstić information content (AvgIpc) is 3.50. The number of hydrogen-bond acceptors (Lipinski definition) is 3. The summed E-state index contributed by atoms with van der Waals surface area (Å²) in [4.78, 5) is 3.45. The molecular weight excluding hydrogens is 396 g/mol. The number of anilines is 1. The van der Waals surface area contributed by atoms with Crippen LogP contribution in [0.15, 0.2) is 91.1 Å². The van der Waals surface area contributed by atoms with Crippen LogP contribution in [0.25, 0.3) is 10.9 Å². The van der Waals surface area contributed by atoms with E-state index in [-0.39, 0.29) is 6.04 Å². The van der Waals surface area contributed by atoms with Crippen molar-refractivity contribution in [3.63, 3.8) is 0 Å². The molecule has 0 radical (unpaired) electrons. The molecule has 0 spiro atoms. The van der Waals surface area contributed by atoms with Gasteiger partial charge in [0.1, 0.15) is 24.7 Å². The second-order valence-corrected chi connectivity index (χ2v) is 8.50. The first-order chi connectivity index (χ1) is 15.9. The second-order valence-electron chi connectivity index (χ2n) is 8.50. The third-order valence-corrected chi connectivity index (χ3v) is 6.67. The van der Waals surface area contributed by atoms with Gasteiger partial charge in [-0.1, -0.05) is 60.7 Å². The lowest BCUT2D eigenvalue weighted by atomic mass is 9.77. The molecule has 0 saturated heterocycles. The van der Waals surface area contributed by atoms with Gasteiger partial charge in [0.25, 0.3) is 0 Å². The molecule has 4 aromatic rings. The molecule has 4 heteroatoms. The number of aromatic amines is 1. The molecule has 2 aliphatic rings. The fraction of sp³-hybridized carbons (Fsp3) is 0.214. The van der Waals surface area contributed by atoms with Gasteiger partial charge in [-0.25, -0.2) is 0 Å². The van der Waals surface area contributed by atoms with Crippen molar-refractivity contribution in [1.82, 2.24) is 4.98 Å². The van der Waals surface area contributed by atoms with Crippen LogP contribution in [-0.4, -0.2) is 18.2 Å². The van der Waals surface area contributed by atoms with Gasteiger partial charge >= 0.3 is 0 Å². The van der Waals surface area contributed by atoms with Gasteiger partial charge in [0, 0.05) is 23.0 Å². The highest BCUT2D eigenvalue weighted by atomic mass is 16.5. The number of hydrogen-bond donors (Lipinski definition) is 2. The predicted molar refractivity (Wildman–Crippen MR) is 129 cm³/mol. The lowest BCUT2D eigenvalue weighted by Gasteiger charge is -2.38. The van der Waals surface area contributed by atoms with Crippen LogP contribution in [0.5, 0.6) is 11.5 Å². The highest BCUT2D eigenvalue weighted by Crippen LogP contribution is 2.52. The molecule has 0 saturated carbocycles. The third-order valence-electron chi connectivity index (χ3n) is 6.67. The van der Waals surface area contributed by atoms with E-state index >= 15 is 0 Å². The van der Waals surface area contributed by atoms with Crippen LogP contribution >= 0.6 is 0 Å². The Labute approximate surface area is 187 Å². The van der Waals surface area contributed by atoms with E-state index in [1.54, 1.807) is 0 Å². The van der Waals surface area contributed by atoms with Crippen LogP contribution < -0.4 is 14.8 Å². The summed E-state index contributed by atoms with van der Waals surface area (Å²) in [5.41, 5.74) is 4.93. The van der Waals surface area contributed by atoms with Gasteiger partial charge in [-0.2, -0.15) is 0 Å². The van der Waals surface area contributed by atoms with Gasteiger partial charge in [-0.05, 0) is 47.7 Å². The molecule has 0 bridgehead atoms. The van der Waals surface area contributed by atoms with E-state index in [4.69, 9.17) is 9.47 Å². The van der Waals surface area contributed by atoms with Gasteiger partial charge in [0.15, 0.2) is 0 Å². The molecule has 3 aromatic carbocycles. The van der Waals surface area contributed by atoms with Crippen molar-refractivity contribution in [3.05, 3.63) is 102 Å². The summed E-state index contributed by atoms with van der Waals surface area (Å²) in [7, 11) is 0. The van der Waals surface area contributed by atoms with Crippen molar-refractivity contribution in [2.24, 2.45) is 5.92 Å². The Balaban J connectivity index is 1.27. The maximum absolute atomic E-state index is 6.21. The van der Waals surface area contributed by atoms with Gasteiger partial charge in [-0.15, -0.1) is 0 Å². The van der Waals surface area contributed by atoms with Crippen molar-refractivity contribution in [2.75, 3.05) is 18.5 Å². The van der Waals surface area contributed by atoms with Crippen molar-refractivity contribution in [3.8, 4) is 11.5 Å². The molecule has 2 heterocycles. The number of ether oxygens (including phenoxy) is 2. The molecule has 3 unspecified atom stereocenters. The minimum Gasteiger partial charge on any atom is -0.490 e. The molecule has 0 amide bonds. The molecule has 1 aliphatic heterocycles. The van der Waals surface area contributed by atoms with E-state index in [2.05, 4.69) is 71.1 Å². The van der Waals surface area contributed by atoms with Gasteiger partial charge in [-0.3, -0.25) is 0 Å². The molecule has 6 rings (SSSR count). The van der Waals surface area contributed by atoms with Crippen LogP contribution in [0.4, 0.5) is 5.69 Å². The Kier molecular flexibility index (Phi) is 4.83. The van der Waals surface area contributed by atoms with Gasteiger partial charge < -0.3 is 19.8 Å². The van der Waals surface area contributed by atoms with Gasteiger partial charge in [0.2, 0.25) is 0 Å². The number of H-pyrrole nitrogens is 1. The summed E-state index contributed by atoms with van der Waals surface area (Å²) in [6.07, 6.45) is 7.95. The first kappa shape index (κ1) is 19.1. The Morgan fingerprint density at radius 1 is 0.812 bits per heavy atom. The number of allylic oxidation sites excluding steroid dienone is 2. The molecule has 160 valence electrons. The number of para-hydroxylation sites is 3. The van der Waals surface area contributed by atoms with Crippen molar-refractivity contribution in [1.29, 1.82) is 0 Å². The Bertz CT molecular complexity index is 1260. The monoisotopic (exact) mass is 422 g/mol. The fourth-order valence-electron chi connectivity index (χ4n) is 5.20. The maximum Gasteiger partial charge on any atom is 0.142 e. The molecule has 32 heavy (non-hydrogen) atoms. The van der Waals surface area contributed by atoms with Crippen LogP contribution in [0.2, 0.25) is 0 Å². The molecule has 4 nitrogen and oxygen atoms in total. The maximum atomic E-state index is 6.21. The Hall–Kier alpha value is -3.66. The van der Waals surface area contributed by atoms with Crippen LogP contribution in [0.1, 0.15) is 29.5 Å². The second kappa shape index (κ2) is 8.12. The smallest absolute Gasteiger partial charge is 0.142 e. The molecule has 0 fully saturated rings. The first-order valence-corrected chi connectivity index (χ1v) is 11.3. The van der Waals surface area contributed by atoms with E-state index < -0.39 is 0 Å². The Morgan fingerprint density at radius 2 is 1.66 bits per heavy atom. The zero-order valence-corrected chi connectivity index (χ0v) is 17.8. The largest absolute Gasteiger partial charge is 0.490 e. The van der Waals surface area contributed by atoms with E-state index in [1.165, 1.54) is 22.0 Å². The molecule has 3 atom stereocenters. The van der Waals surface area contributed by atoms with Gasteiger partial charge in [0.05, 0.1) is 11.7 Å². The molecular formula is C28H26N2O2. The average molecular weight is 423 g/mol. The van der Waals surface area contributed by atoms with E-state index in [0.29, 0.717) is 25.0 Å². The third kappa shape index (κ3) is 3.32. The summed E-state index contributed by atoms with van der Waals surface area (Å²) >= 11 is 0. The minimum atomic E-state index is 0.226. The van der Waals surface area contributed by atoms with E-state index in [9.17, 15) is 0 Å². The summed E-state index contributed by atoms with van der Waals surface area (Å²) in [6.45, 7) is 1.00.